The second-order valence-electron chi connectivity index (χ2n) is 8.37. The van der Waals surface area contributed by atoms with Crippen molar-refractivity contribution in [3.05, 3.63) is 23.9 Å². The normalized spacial score (nSPS) is 27.2. The summed E-state index contributed by atoms with van der Waals surface area (Å²) in [6.45, 7) is 4.48. The maximum atomic E-state index is 6.19. The van der Waals surface area contributed by atoms with Gasteiger partial charge in [0.15, 0.2) is 0 Å². The van der Waals surface area contributed by atoms with Crippen molar-refractivity contribution < 1.29 is 0 Å². The molecule has 9 N–H and O–H groups in total. The van der Waals surface area contributed by atoms with Gasteiger partial charge in [-0.1, -0.05) is 6.07 Å². The maximum absolute atomic E-state index is 6.19. The molecule has 0 aliphatic carbocycles. The summed E-state index contributed by atoms with van der Waals surface area (Å²) in [5, 5.41) is 3.20. The van der Waals surface area contributed by atoms with Crippen molar-refractivity contribution in [2.75, 3.05) is 41.3 Å². The monoisotopic (exact) mass is 413 g/mol. The molecule has 11 heteroatoms. The Balaban J connectivity index is 1.68. The highest BCUT2D eigenvalue weighted by molar-refractivity contribution is 5.53. The van der Waals surface area contributed by atoms with Crippen molar-refractivity contribution in [3.8, 4) is 0 Å². The fourth-order valence-electron chi connectivity index (χ4n) is 4.10. The highest BCUT2D eigenvalue weighted by atomic mass is 15.4. The second kappa shape index (κ2) is 8.64. The molecule has 4 rings (SSSR count). The lowest BCUT2D eigenvalue weighted by atomic mass is 10.0. The number of rotatable bonds is 4. The minimum atomic E-state index is -0.0272. The first-order valence-corrected chi connectivity index (χ1v) is 10.3. The van der Waals surface area contributed by atoms with Gasteiger partial charge in [-0.15, -0.1) is 0 Å². The molecule has 0 saturated carbocycles. The lowest BCUT2D eigenvalue weighted by Crippen LogP contribution is -2.54. The number of piperidine rings is 2. The molecule has 2 fully saturated rings. The first-order chi connectivity index (χ1) is 14.4. The Labute approximate surface area is 176 Å². The van der Waals surface area contributed by atoms with Crippen molar-refractivity contribution >= 4 is 23.7 Å². The third-order valence-corrected chi connectivity index (χ3v) is 5.34. The quantitative estimate of drug-likeness (QED) is 0.418. The summed E-state index contributed by atoms with van der Waals surface area (Å²) in [7, 11) is 0. The van der Waals surface area contributed by atoms with E-state index < -0.39 is 0 Å². The van der Waals surface area contributed by atoms with Crippen molar-refractivity contribution in [3.63, 3.8) is 0 Å². The molecule has 0 aromatic carbocycles. The van der Waals surface area contributed by atoms with Gasteiger partial charge in [-0.25, -0.2) is 4.98 Å². The predicted octanol–water partition coefficient (Wildman–Crippen LogP) is -0.952. The molecule has 0 bridgehead atoms. The topological polar surface area (TPSA) is 174 Å². The lowest BCUT2D eigenvalue weighted by Gasteiger charge is -2.36. The van der Waals surface area contributed by atoms with E-state index in [0.717, 1.165) is 18.5 Å². The van der Waals surface area contributed by atoms with E-state index in [4.69, 9.17) is 27.9 Å². The first-order valence-electron chi connectivity index (χ1n) is 10.3. The van der Waals surface area contributed by atoms with Gasteiger partial charge in [0.25, 0.3) is 0 Å². The van der Waals surface area contributed by atoms with Crippen LogP contribution in [0.2, 0.25) is 0 Å². The van der Waals surface area contributed by atoms with Crippen LogP contribution in [0, 0.1) is 6.92 Å². The maximum Gasteiger partial charge on any atom is 0.235 e. The van der Waals surface area contributed by atoms with Crippen LogP contribution >= 0.6 is 0 Å². The Hall–Kier alpha value is -2.60. The van der Waals surface area contributed by atoms with Gasteiger partial charge in [-0.2, -0.15) is 15.0 Å². The van der Waals surface area contributed by atoms with Gasteiger partial charge >= 0.3 is 0 Å². The van der Waals surface area contributed by atoms with Crippen molar-refractivity contribution in [1.82, 2.24) is 19.9 Å². The Kier molecular flexibility index (Phi) is 5.95. The summed E-state index contributed by atoms with van der Waals surface area (Å²) < 4.78 is 0. The summed E-state index contributed by atoms with van der Waals surface area (Å²) in [6.07, 6.45) is 1.56. The van der Waals surface area contributed by atoms with Crippen molar-refractivity contribution in [1.29, 1.82) is 0 Å². The first kappa shape index (κ1) is 20.7. The summed E-state index contributed by atoms with van der Waals surface area (Å²) in [5.74, 6) is 2.15. The van der Waals surface area contributed by atoms with Crippen LogP contribution < -0.4 is 38.1 Å². The van der Waals surface area contributed by atoms with E-state index in [1.807, 2.05) is 34.9 Å². The minimum absolute atomic E-state index is 0.0272. The Morgan fingerprint density at radius 3 is 1.73 bits per heavy atom. The van der Waals surface area contributed by atoms with Crippen molar-refractivity contribution in [2.45, 2.75) is 43.9 Å². The standard InChI is InChI=1S/C19H31N11/c1-11-3-2-4-16(24-11)25-17-26-18(29-7-12(20)5-13(21)8-29)28-19(27-17)30-9-14(22)6-15(23)10-30/h2-4,12-15H,5-10,20-23H2,1H3,(H,24,25,26,27,28)/t12-,13+,14-,15+. The minimum Gasteiger partial charge on any atom is -0.338 e. The van der Waals surface area contributed by atoms with E-state index in [2.05, 4.69) is 20.3 Å². The van der Waals surface area contributed by atoms with Gasteiger partial charge in [-0.05, 0) is 31.9 Å². The van der Waals surface area contributed by atoms with Gasteiger partial charge in [0.05, 0.1) is 0 Å². The average molecular weight is 414 g/mol. The number of hydrogen-bond acceptors (Lipinski definition) is 11. The van der Waals surface area contributed by atoms with Gasteiger partial charge in [0, 0.05) is 56.0 Å². The predicted molar refractivity (Wildman–Crippen MR) is 118 cm³/mol. The molecule has 4 heterocycles. The van der Waals surface area contributed by atoms with Crippen molar-refractivity contribution in [2.24, 2.45) is 22.9 Å². The van der Waals surface area contributed by atoms with E-state index in [1.165, 1.54) is 0 Å². The number of anilines is 4. The number of nitrogens with two attached hydrogens (primary N) is 4. The molecule has 30 heavy (non-hydrogen) atoms. The Morgan fingerprint density at radius 2 is 1.27 bits per heavy atom. The smallest absolute Gasteiger partial charge is 0.235 e. The van der Waals surface area contributed by atoms with Crippen LogP contribution in [0.4, 0.5) is 23.7 Å². The molecule has 0 unspecified atom stereocenters. The number of pyridine rings is 1. The van der Waals surface area contributed by atoms with Crippen LogP contribution in [-0.4, -0.2) is 70.3 Å². The van der Waals surface area contributed by atoms with Crippen LogP contribution in [0.25, 0.3) is 0 Å². The third kappa shape index (κ3) is 4.93. The molecule has 162 valence electrons. The molecule has 2 aliphatic heterocycles. The molecule has 11 nitrogen and oxygen atoms in total. The van der Waals surface area contributed by atoms with Crippen LogP contribution in [0.5, 0.6) is 0 Å². The number of hydrogen-bond donors (Lipinski definition) is 5. The molecule has 2 aromatic rings. The number of aryl methyl sites for hydroxylation is 1. The highest BCUT2D eigenvalue weighted by Gasteiger charge is 2.28. The molecule has 0 spiro atoms. The van der Waals surface area contributed by atoms with E-state index in [9.17, 15) is 0 Å². The van der Waals surface area contributed by atoms with E-state index in [-0.39, 0.29) is 24.2 Å². The Bertz CT molecular complexity index is 811. The van der Waals surface area contributed by atoms with Crippen LogP contribution in [0.15, 0.2) is 18.2 Å². The van der Waals surface area contributed by atoms with Gasteiger partial charge < -0.3 is 38.1 Å². The number of aromatic nitrogens is 4. The van der Waals surface area contributed by atoms with Gasteiger partial charge in [0.2, 0.25) is 17.8 Å². The zero-order valence-corrected chi connectivity index (χ0v) is 17.3. The summed E-state index contributed by atoms with van der Waals surface area (Å²) in [5.41, 5.74) is 25.6. The second-order valence-corrected chi connectivity index (χ2v) is 8.37. The molecule has 0 radical (unpaired) electrons. The largest absolute Gasteiger partial charge is 0.338 e. The third-order valence-electron chi connectivity index (χ3n) is 5.34. The van der Waals surface area contributed by atoms with Crippen LogP contribution in [0.1, 0.15) is 18.5 Å². The molecule has 2 saturated heterocycles. The molecule has 0 amide bonds. The van der Waals surface area contributed by atoms with E-state index >= 15 is 0 Å². The molecule has 2 aliphatic rings. The Morgan fingerprint density at radius 1 is 0.767 bits per heavy atom. The molecular weight excluding hydrogens is 382 g/mol. The average Bonchev–Trinajstić information content (AvgIpc) is 2.66. The summed E-state index contributed by atoms with van der Waals surface area (Å²) in [4.78, 5) is 22.5. The fourth-order valence-corrected chi connectivity index (χ4v) is 4.10. The lowest BCUT2D eigenvalue weighted by molar-refractivity contribution is 0.441. The summed E-state index contributed by atoms with van der Waals surface area (Å²) in [6, 6.07) is 5.62. The van der Waals surface area contributed by atoms with E-state index in [0.29, 0.717) is 49.8 Å². The SMILES string of the molecule is Cc1cccc(Nc2nc(N3C[C@H](N)C[C@H](N)C3)nc(N3C[C@H](N)C[C@H](N)C3)n2)n1. The molecule has 2 aromatic heterocycles. The molecule has 4 atom stereocenters. The fraction of sp³-hybridized carbons (Fsp3) is 0.579. The zero-order valence-electron chi connectivity index (χ0n) is 17.3. The number of nitrogens with zero attached hydrogens (tertiary/aromatic N) is 6. The zero-order chi connectivity index (χ0) is 21.3. The van der Waals surface area contributed by atoms with E-state index in [1.54, 1.807) is 0 Å². The van der Waals surface area contributed by atoms with Gasteiger partial charge in [-0.3, -0.25) is 0 Å². The molecular formula is C19H31N11. The van der Waals surface area contributed by atoms with Gasteiger partial charge in [0.1, 0.15) is 5.82 Å². The highest BCUT2D eigenvalue weighted by Crippen LogP contribution is 2.23. The van der Waals surface area contributed by atoms with Crippen LogP contribution in [-0.2, 0) is 0 Å². The summed E-state index contributed by atoms with van der Waals surface area (Å²) >= 11 is 0. The van der Waals surface area contributed by atoms with Crippen LogP contribution in [0.3, 0.4) is 0 Å². The number of nitrogens with one attached hydrogen (secondary N) is 1.